The van der Waals surface area contributed by atoms with Crippen LogP contribution in [0.3, 0.4) is 0 Å². The number of hydrogen-bond donors (Lipinski definition) is 1. The van der Waals surface area contributed by atoms with E-state index in [2.05, 4.69) is 9.82 Å². The first-order chi connectivity index (χ1) is 12.1. The molecule has 0 atom stereocenters. The summed E-state index contributed by atoms with van der Waals surface area (Å²) in [6.45, 7) is 9.87. The van der Waals surface area contributed by atoms with Crippen LogP contribution < -0.4 is 4.72 Å². The zero-order chi connectivity index (χ0) is 19.1. The van der Waals surface area contributed by atoms with Gasteiger partial charge in [0, 0.05) is 23.0 Å². The zero-order valence-electron chi connectivity index (χ0n) is 15.8. The van der Waals surface area contributed by atoms with Crippen LogP contribution in [0.1, 0.15) is 46.4 Å². The van der Waals surface area contributed by atoms with Gasteiger partial charge in [-0.25, -0.2) is 8.42 Å². The molecule has 2 aromatic carbocycles. The minimum absolute atomic E-state index is 0.0811. The fourth-order valence-electron chi connectivity index (χ4n) is 2.87. The summed E-state index contributed by atoms with van der Waals surface area (Å²) in [5.74, 6) is 0. The first-order valence-electron chi connectivity index (χ1n) is 8.70. The summed E-state index contributed by atoms with van der Waals surface area (Å²) in [6.07, 6.45) is 1.62. The number of sulfonamides is 1. The lowest BCUT2D eigenvalue weighted by Gasteiger charge is -2.18. The Kier molecular flexibility index (Phi) is 4.56. The molecule has 3 aromatic rings. The van der Waals surface area contributed by atoms with E-state index in [0.29, 0.717) is 11.4 Å². The quantitative estimate of drug-likeness (QED) is 0.722. The number of benzene rings is 2. The monoisotopic (exact) mass is 371 g/mol. The second kappa shape index (κ2) is 6.43. The van der Waals surface area contributed by atoms with Gasteiger partial charge in [0.2, 0.25) is 0 Å². The molecule has 1 heterocycles. The average molecular weight is 372 g/mol. The molecule has 0 saturated carbocycles. The van der Waals surface area contributed by atoms with Gasteiger partial charge in [-0.1, -0.05) is 57.2 Å². The van der Waals surface area contributed by atoms with Crippen LogP contribution in [0.15, 0.2) is 53.6 Å². The molecule has 0 spiro atoms. The van der Waals surface area contributed by atoms with E-state index in [1.54, 1.807) is 16.9 Å². The van der Waals surface area contributed by atoms with E-state index in [-0.39, 0.29) is 16.4 Å². The molecule has 5 nitrogen and oxygen atoms in total. The van der Waals surface area contributed by atoms with Gasteiger partial charge >= 0.3 is 0 Å². The topological polar surface area (TPSA) is 64.0 Å². The molecule has 0 fully saturated rings. The highest BCUT2D eigenvalue weighted by molar-refractivity contribution is 7.92. The third-order valence-corrected chi connectivity index (χ3v) is 5.63. The Labute approximate surface area is 155 Å². The minimum Gasteiger partial charge on any atom is -0.279 e. The standard InChI is InChI=1S/C20H25N3O2S/c1-14(2)23-13-18(19(21-23)20(3,4)5)26(24,25)22-17-12-8-10-15-9-6-7-11-16(15)17/h6-14,22H,1-5H3. The lowest BCUT2D eigenvalue weighted by Crippen LogP contribution is -2.20. The van der Waals surface area contributed by atoms with Gasteiger partial charge in [-0.05, 0) is 25.3 Å². The fraction of sp³-hybridized carbons (Fsp3) is 0.350. The van der Waals surface area contributed by atoms with Crippen molar-refractivity contribution in [2.75, 3.05) is 4.72 Å². The Morgan fingerprint density at radius 3 is 2.35 bits per heavy atom. The van der Waals surface area contributed by atoms with Crippen LogP contribution in [-0.4, -0.2) is 18.2 Å². The third-order valence-electron chi connectivity index (χ3n) is 4.26. The SMILES string of the molecule is CC(C)n1cc(S(=O)(=O)Nc2cccc3ccccc23)c(C(C)(C)C)n1. The Balaban J connectivity index is 2.11. The molecule has 0 aliphatic heterocycles. The number of fused-ring (bicyclic) bond motifs is 1. The summed E-state index contributed by atoms with van der Waals surface area (Å²) in [5.41, 5.74) is 0.752. The average Bonchev–Trinajstić information content (AvgIpc) is 3.02. The molecular formula is C20H25N3O2S. The lowest BCUT2D eigenvalue weighted by atomic mass is 9.92. The number of anilines is 1. The maximum absolute atomic E-state index is 13.2. The first kappa shape index (κ1) is 18.5. The van der Waals surface area contributed by atoms with E-state index in [9.17, 15) is 8.42 Å². The normalized spacial score (nSPS) is 12.7. The molecule has 0 radical (unpaired) electrons. The van der Waals surface area contributed by atoms with Gasteiger partial charge in [-0.2, -0.15) is 5.10 Å². The van der Waals surface area contributed by atoms with Crippen LogP contribution >= 0.6 is 0 Å². The van der Waals surface area contributed by atoms with Crippen molar-refractivity contribution in [3.8, 4) is 0 Å². The molecule has 26 heavy (non-hydrogen) atoms. The molecule has 1 aromatic heterocycles. The van der Waals surface area contributed by atoms with E-state index < -0.39 is 10.0 Å². The second-order valence-electron chi connectivity index (χ2n) is 7.80. The largest absolute Gasteiger partial charge is 0.279 e. The predicted octanol–water partition coefficient (Wildman–Crippen LogP) is 4.72. The van der Waals surface area contributed by atoms with Crippen LogP contribution in [0.25, 0.3) is 10.8 Å². The molecule has 3 rings (SSSR count). The Bertz CT molecular complexity index is 1040. The number of rotatable bonds is 4. The summed E-state index contributed by atoms with van der Waals surface area (Å²) in [5, 5.41) is 6.40. The van der Waals surface area contributed by atoms with Gasteiger partial charge in [0.15, 0.2) is 0 Å². The molecule has 0 aliphatic rings. The van der Waals surface area contributed by atoms with Gasteiger partial charge in [0.05, 0.1) is 11.4 Å². The summed E-state index contributed by atoms with van der Waals surface area (Å²) in [7, 11) is -3.76. The van der Waals surface area contributed by atoms with Crippen LogP contribution in [0.2, 0.25) is 0 Å². The van der Waals surface area contributed by atoms with E-state index in [1.807, 2.05) is 71.0 Å². The molecule has 138 valence electrons. The van der Waals surface area contributed by atoms with Crippen molar-refractivity contribution >= 4 is 26.5 Å². The van der Waals surface area contributed by atoms with Gasteiger partial charge in [-0.15, -0.1) is 0 Å². The van der Waals surface area contributed by atoms with Crippen LogP contribution in [-0.2, 0) is 15.4 Å². The maximum atomic E-state index is 13.2. The molecule has 0 unspecified atom stereocenters. The maximum Gasteiger partial charge on any atom is 0.265 e. The van der Waals surface area contributed by atoms with Crippen molar-refractivity contribution in [3.05, 3.63) is 54.4 Å². The van der Waals surface area contributed by atoms with Crippen molar-refractivity contribution in [1.29, 1.82) is 0 Å². The third kappa shape index (κ3) is 3.46. The second-order valence-corrected chi connectivity index (χ2v) is 9.45. The van der Waals surface area contributed by atoms with Gasteiger partial charge in [0.25, 0.3) is 10.0 Å². The summed E-state index contributed by atoms with van der Waals surface area (Å²) in [6, 6.07) is 13.4. The minimum atomic E-state index is -3.76. The molecular weight excluding hydrogens is 346 g/mol. The van der Waals surface area contributed by atoms with Crippen LogP contribution in [0.4, 0.5) is 5.69 Å². The van der Waals surface area contributed by atoms with E-state index in [0.717, 1.165) is 10.8 Å². The predicted molar refractivity (Wildman–Crippen MR) is 106 cm³/mol. The molecule has 6 heteroatoms. The summed E-state index contributed by atoms with van der Waals surface area (Å²) >= 11 is 0. The fourth-order valence-corrected chi connectivity index (χ4v) is 4.30. The molecule has 0 amide bonds. The Morgan fingerprint density at radius 1 is 1.04 bits per heavy atom. The molecule has 0 bridgehead atoms. The van der Waals surface area contributed by atoms with Crippen molar-refractivity contribution in [3.63, 3.8) is 0 Å². The summed E-state index contributed by atoms with van der Waals surface area (Å²) in [4.78, 5) is 0.228. The number of aromatic nitrogens is 2. The zero-order valence-corrected chi connectivity index (χ0v) is 16.6. The van der Waals surface area contributed by atoms with Gasteiger partial charge in [-0.3, -0.25) is 9.40 Å². The van der Waals surface area contributed by atoms with E-state index >= 15 is 0 Å². The highest BCUT2D eigenvalue weighted by Crippen LogP contribution is 2.31. The van der Waals surface area contributed by atoms with Crippen molar-refractivity contribution in [2.24, 2.45) is 0 Å². The van der Waals surface area contributed by atoms with Crippen LogP contribution in [0.5, 0.6) is 0 Å². The van der Waals surface area contributed by atoms with E-state index in [4.69, 9.17) is 0 Å². The van der Waals surface area contributed by atoms with Crippen LogP contribution in [0, 0.1) is 0 Å². The highest BCUT2D eigenvalue weighted by atomic mass is 32.2. The number of nitrogens with one attached hydrogen (secondary N) is 1. The molecule has 0 aliphatic carbocycles. The van der Waals surface area contributed by atoms with Crippen molar-refractivity contribution < 1.29 is 8.42 Å². The smallest absolute Gasteiger partial charge is 0.265 e. The lowest BCUT2D eigenvalue weighted by molar-refractivity contribution is 0.493. The van der Waals surface area contributed by atoms with E-state index in [1.165, 1.54) is 0 Å². The number of hydrogen-bond acceptors (Lipinski definition) is 3. The first-order valence-corrected chi connectivity index (χ1v) is 10.2. The molecule has 0 saturated heterocycles. The van der Waals surface area contributed by atoms with Gasteiger partial charge in [0.1, 0.15) is 4.90 Å². The van der Waals surface area contributed by atoms with Crippen molar-refractivity contribution in [1.82, 2.24) is 9.78 Å². The van der Waals surface area contributed by atoms with Crippen molar-refractivity contribution in [2.45, 2.75) is 51.0 Å². The Hall–Kier alpha value is -2.34. The highest BCUT2D eigenvalue weighted by Gasteiger charge is 2.30. The van der Waals surface area contributed by atoms with Gasteiger partial charge < -0.3 is 0 Å². The number of nitrogens with zero attached hydrogens (tertiary/aromatic N) is 2. The Morgan fingerprint density at radius 2 is 1.69 bits per heavy atom. The molecule has 1 N–H and O–H groups in total. The summed E-state index contributed by atoms with van der Waals surface area (Å²) < 4.78 is 30.8.